The summed E-state index contributed by atoms with van der Waals surface area (Å²) in [6.45, 7) is 0. The van der Waals surface area contributed by atoms with Crippen LogP contribution in [0.4, 0.5) is 0 Å². The third kappa shape index (κ3) is 3.07. The Morgan fingerprint density at radius 1 is 0.739 bits per heavy atom. The van der Waals surface area contributed by atoms with Gasteiger partial charge in [-0.1, -0.05) is 66.7 Å². The lowest BCUT2D eigenvalue weighted by Crippen LogP contribution is -2.06. The van der Waals surface area contributed by atoms with Crippen LogP contribution < -0.4 is 9.47 Å². The van der Waals surface area contributed by atoms with Crippen molar-refractivity contribution in [2.75, 3.05) is 14.2 Å². The highest BCUT2D eigenvalue weighted by molar-refractivity contribution is 5.54. The van der Waals surface area contributed by atoms with E-state index in [4.69, 9.17) is 9.47 Å². The molecule has 0 amide bonds. The van der Waals surface area contributed by atoms with Gasteiger partial charge >= 0.3 is 0 Å². The molecule has 0 aliphatic carbocycles. The zero-order valence-corrected chi connectivity index (χ0v) is 13.3. The quantitative estimate of drug-likeness (QED) is 0.637. The van der Waals surface area contributed by atoms with Crippen molar-refractivity contribution >= 4 is 0 Å². The zero-order valence-electron chi connectivity index (χ0n) is 13.3. The van der Waals surface area contributed by atoms with Crippen molar-refractivity contribution in [3.8, 4) is 11.5 Å². The summed E-state index contributed by atoms with van der Waals surface area (Å²) in [5, 5.41) is 0. The van der Waals surface area contributed by atoms with Gasteiger partial charge in [0.15, 0.2) is 11.5 Å². The normalized spacial score (nSPS) is 10.6. The zero-order chi connectivity index (χ0) is 16.1. The first-order valence-corrected chi connectivity index (χ1v) is 7.57. The molecule has 0 fully saturated rings. The Balaban J connectivity index is 2.21. The fraction of sp³-hybridized carbons (Fsp3) is 0.143. The third-order valence-electron chi connectivity index (χ3n) is 3.92. The Morgan fingerprint density at radius 3 is 1.78 bits per heavy atom. The van der Waals surface area contributed by atoms with E-state index in [9.17, 15) is 0 Å². The van der Waals surface area contributed by atoms with Gasteiger partial charge in [-0.15, -0.1) is 0 Å². The highest BCUT2D eigenvalue weighted by atomic mass is 16.5. The predicted octanol–water partition coefficient (Wildman–Crippen LogP) is 4.68. The number of hydrogen-bond donors (Lipinski definition) is 0. The summed E-state index contributed by atoms with van der Waals surface area (Å²) in [5.41, 5.74) is 3.37. The van der Waals surface area contributed by atoms with Crippen LogP contribution in [0.5, 0.6) is 11.5 Å². The van der Waals surface area contributed by atoms with Crippen molar-refractivity contribution in [3.63, 3.8) is 0 Å². The van der Waals surface area contributed by atoms with Gasteiger partial charge in [0.2, 0.25) is 0 Å². The molecule has 0 bridgehead atoms. The van der Waals surface area contributed by atoms with Gasteiger partial charge in [-0.2, -0.15) is 0 Å². The molecule has 1 radical (unpaired) electrons. The molecule has 3 aromatic carbocycles. The van der Waals surface area contributed by atoms with Gasteiger partial charge in [-0.25, -0.2) is 0 Å². The number of rotatable bonds is 5. The minimum Gasteiger partial charge on any atom is -0.493 e. The molecule has 0 aromatic heterocycles. The second-order valence-corrected chi connectivity index (χ2v) is 5.25. The van der Waals surface area contributed by atoms with Crippen LogP contribution in [0.15, 0.2) is 72.8 Å². The molecule has 2 heteroatoms. The fourth-order valence-corrected chi connectivity index (χ4v) is 2.88. The summed E-state index contributed by atoms with van der Waals surface area (Å²) in [6.07, 6.45) is 0. The van der Waals surface area contributed by atoms with Gasteiger partial charge in [-0.05, 0) is 23.3 Å². The lowest BCUT2D eigenvalue weighted by Gasteiger charge is -2.22. The molecule has 0 aliphatic rings. The van der Waals surface area contributed by atoms with E-state index in [2.05, 4.69) is 54.6 Å². The van der Waals surface area contributed by atoms with E-state index >= 15 is 0 Å². The van der Waals surface area contributed by atoms with E-state index in [1.807, 2.05) is 24.3 Å². The second kappa shape index (κ2) is 7.01. The maximum Gasteiger partial charge on any atom is 0.165 e. The van der Waals surface area contributed by atoms with E-state index < -0.39 is 0 Å². The maximum atomic E-state index is 5.64. The molecule has 0 spiro atoms. The summed E-state index contributed by atoms with van der Waals surface area (Å²) in [4.78, 5) is 0. The van der Waals surface area contributed by atoms with Crippen LogP contribution >= 0.6 is 0 Å². The van der Waals surface area contributed by atoms with E-state index in [0.717, 1.165) is 17.1 Å². The first kappa shape index (κ1) is 15.2. The van der Waals surface area contributed by atoms with Crippen LogP contribution in [0.1, 0.15) is 22.6 Å². The van der Waals surface area contributed by atoms with Crippen LogP contribution in [0.25, 0.3) is 0 Å². The molecule has 3 aromatic rings. The van der Waals surface area contributed by atoms with Crippen LogP contribution in [-0.2, 0) is 0 Å². The van der Waals surface area contributed by atoms with E-state index in [1.54, 1.807) is 14.2 Å². The number of benzene rings is 3. The van der Waals surface area contributed by atoms with Crippen molar-refractivity contribution in [2.45, 2.75) is 5.92 Å². The fourth-order valence-electron chi connectivity index (χ4n) is 2.88. The smallest absolute Gasteiger partial charge is 0.165 e. The van der Waals surface area contributed by atoms with Crippen molar-refractivity contribution in [2.24, 2.45) is 0 Å². The monoisotopic (exact) mass is 303 g/mol. The van der Waals surface area contributed by atoms with Crippen molar-refractivity contribution in [1.29, 1.82) is 0 Å². The van der Waals surface area contributed by atoms with Gasteiger partial charge in [0.05, 0.1) is 14.2 Å². The topological polar surface area (TPSA) is 18.5 Å². The van der Waals surface area contributed by atoms with Crippen molar-refractivity contribution in [3.05, 3.63) is 95.6 Å². The number of hydrogen-bond acceptors (Lipinski definition) is 2. The first-order chi connectivity index (χ1) is 11.3. The molecule has 3 rings (SSSR count). The second-order valence-electron chi connectivity index (χ2n) is 5.25. The summed E-state index contributed by atoms with van der Waals surface area (Å²) in [5.74, 6) is 1.49. The average molecular weight is 303 g/mol. The van der Waals surface area contributed by atoms with Gasteiger partial charge in [-0.3, -0.25) is 0 Å². The molecule has 2 nitrogen and oxygen atoms in total. The average Bonchev–Trinajstić information content (AvgIpc) is 2.63. The SMILES string of the molecule is COc1cc[c]c(C(c2ccccc2)c2ccccc2)c1OC. The number of ether oxygens (including phenoxy) is 2. The summed E-state index contributed by atoms with van der Waals surface area (Å²) in [7, 11) is 3.32. The first-order valence-electron chi connectivity index (χ1n) is 7.57. The highest BCUT2D eigenvalue weighted by Crippen LogP contribution is 2.41. The van der Waals surface area contributed by atoms with Crippen LogP contribution in [0, 0.1) is 6.07 Å². The Morgan fingerprint density at radius 2 is 1.30 bits per heavy atom. The number of methoxy groups -OCH3 is 2. The summed E-state index contributed by atoms with van der Waals surface area (Å²) in [6, 6.07) is 27.9. The third-order valence-corrected chi connectivity index (χ3v) is 3.92. The molecule has 0 saturated carbocycles. The Labute approximate surface area is 137 Å². The van der Waals surface area contributed by atoms with Crippen molar-refractivity contribution < 1.29 is 9.47 Å². The van der Waals surface area contributed by atoms with Gasteiger partial charge in [0.25, 0.3) is 0 Å². The van der Waals surface area contributed by atoms with E-state index in [-0.39, 0.29) is 5.92 Å². The van der Waals surface area contributed by atoms with E-state index in [1.165, 1.54) is 11.1 Å². The Bertz CT molecular complexity index is 712. The molecule has 0 unspecified atom stereocenters. The lowest BCUT2D eigenvalue weighted by atomic mass is 9.84. The van der Waals surface area contributed by atoms with Gasteiger partial charge in [0.1, 0.15) is 0 Å². The molecule has 0 aliphatic heterocycles. The molecular weight excluding hydrogens is 284 g/mol. The Hall–Kier alpha value is -2.74. The largest absolute Gasteiger partial charge is 0.493 e. The summed E-state index contributed by atoms with van der Waals surface area (Å²) < 4.78 is 11.1. The molecular formula is C21H19O2. The van der Waals surface area contributed by atoms with Crippen LogP contribution in [0.3, 0.4) is 0 Å². The minimum absolute atomic E-state index is 0.0439. The predicted molar refractivity (Wildman–Crippen MR) is 92.2 cm³/mol. The minimum atomic E-state index is 0.0439. The lowest BCUT2D eigenvalue weighted by molar-refractivity contribution is 0.351. The molecule has 0 N–H and O–H groups in total. The molecule has 0 saturated heterocycles. The highest BCUT2D eigenvalue weighted by Gasteiger charge is 2.22. The van der Waals surface area contributed by atoms with Crippen LogP contribution in [0.2, 0.25) is 0 Å². The molecule has 23 heavy (non-hydrogen) atoms. The van der Waals surface area contributed by atoms with Gasteiger partial charge in [0, 0.05) is 11.5 Å². The standard InChI is InChI=1S/C21H19O2/c1-22-19-15-9-14-18(21(19)23-2)20(16-10-5-3-6-11-16)17-12-7-4-8-13-17/h3-13,15,20H,1-2H3. The van der Waals surface area contributed by atoms with Gasteiger partial charge < -0.3 is 9.47 Å². The molecule has 0 heterocycles. The summed E-state index contributed by atoms with van der Waals surface area (Å²) >= 11 is 0. The molecule has 115 valence electrons. The Kier molecular flexibility index (Phi) is 4.62. The maximum absolute atomic E-state index is 5.64. The van der Waals surface area contributed by atoms with Crippen molar-refractivity contribution in [1.82, 2.24) is 0 Å². The van der Waals surface area contributed by atoms with Crippen LogP contribution in [-0.4, -0.2) is 14.2 Å². The molecule has 0 atom stereocenters. The van der Waals surface area contributed by atoms with E-state index in [0.29, 0.717) is 0 Å².